The molecule has 72 valence electrons. The van der Waals surface area contributed by atoms with Crippen molar-refractivity contribution in [3.05, 3.63) is 43.0 Å². The fourth-order valence-electron chi connectivity index (χ4n) is 0.617. The van der Waals surface area contributed by atoms with E-state index < -0.39 is 27.0 Å². The normalized spacial score (nSPS) is 10.5. The molecule has 0 aromatic carbocycles. The minimum atomic E-state index is -3.40. The summed E-state index contributed by atoms with van der Waals surface area (Å²) in [4.78, 5) is 25.9. The van der Waals surface area contributed by atoms with Crippen LogP contribution in [0, 0.1) is 30.3 Å². The van der Waals surface area contributed by atoms with Crippen molar-refractivity contribution in [2.75, 3.05) is 0 Å². The summed E-state index contributed by atoms with van der Waals surface area (Å²) in [6.07, 6.45) is -0.200. The molecule has 0 N–H and O–H groups in total. The summed E-state index contributed by atoms with van der Waals surface area (Å²) in [5.74, 6) is -3.40. The SMILES string of the molecule is C=CCC([N+](=O)[O-])([N+](=O)[O-])[N+](=O)[O-]. The molecule has 0 aliphatic heterocycles. The second-order valence-corrected chi connectivity index (χ2v) is 2.04. The van der Waals surface area contributed by atoms with E-state index in [4.69, 9.17) is 0 Å². The van der Waals surface area contributed by atoms with Gasteiger partial charge in [0.15, 0.2) is 21.2 Å². The zero-order valence-electron chi connectivity index (χ0n) is 6.28. The van der Waals surface area contributed by atoms with E-state index in [1.54, 1.807) is 0 Å². The van der Waals surface area contributed by atoms with Gasteiger partial charge in [0.1, 0.15) is 0 Å². The van der Waals surface area contributed by atoms with Crippen molar-refractivity contribution in [1.82, 2.24) is 0 Å². The van der Waals surface area contributed by atoms with Crippen LogP contribution in [0.25, 0.3) is 0 Å². The molecule has 0 aromatic heterocycles. The van der Waals surface area contributed by atoms with Crippen molar-refractivity contribution in [1.29, 1.82) is 0 Å². The van der Waals surface area contributed by atoms with Gasteiger partial charge in [-0.1, -0.05) is 6.08 Å². The first kappa shape index (κ1) is 10.9. The van der Waals surface area contributed by atoms with E-state index in [0.29, 0.717) is 0 Å². The fraction of sp³-hybridized carbons (Fsp3) is 0.500. The Labute approximate surface area is 71.1 Å². The highest BCUT2D eigenvalue weighted by Crippen LogP contribution is 2.17. The van der Waals surface area contributed by atoms with Crippen LogP contribution in [0.4, 0.5) is 0 Å². The van der Waals surface area contributed by atoms with E-state index in [2.05, 4.69) is 6.58 Å². The molecule has 0 rings (SSSR count). The smallest absolute Gasteiger partial charge is 0.253 e. The van der Waals surface area contributed by atoms with Gasteiger partial charge >= 0.3 is 5.79 Å². The lowest BCUT2D eigenvalue weighted by Crippen LogP contribution is -2.52. The maximum atomic E-state index is 10.2. The fourth-order valence-corrected chi connectivity index (χ4v) is 0.617. The predicted octanol–water partition coefficient (Wildman–Crippen LogP) is 0.0464. The van der Waals surface area contributed by atoms with Crippen LogP contribution >= 0.6 is 0 Å². The van der Waals surface area contributed by atoms with E-state index in [1.807, 2.05) is 0 Å². The van der Waals surface area contributed by atoms with Gasteiger partial charge in [-0.15, -0.1) is 6.58 Å². The highest BCUT2D eigenvalue weighted by atomic mass is 16.7. The van der Waals surface area contributed by atoms with Crippen LogP contribution < -0.4 is 0 Å². The first-order valence-corrected chi connectivity index (χ1v) is 2.94. The molecule has 0 spiro atoms. The minimum absolute atomic E-state index is 0.758. The second-order valence-electron chi connectivity index (χ2n) is 2.04. The molecule has 0 bridgehead atoms. The Hall–Kier alpha value is -2.06. The molecule has 13 heavy (non-hydrogen) atoms. The van der Waals surface area contributed by atoms with Crippen molar-refractivity contribution < 1.29 is 14.8 Å². The molecule has 0 aliphatic carbocycles. The predicted molar refractivity (Wildman–Crippen MR) is 38.5 cm³/mol. The first-order valence-electron chi connectivity index (χ1n) is 2.94. The first-order chi connectivity index (χ1) is 5.89. The molecule has 0 saturated heterocycles. The second kappa shape index (κ2) is 3.56. The summed E-state index contributed by atoms with van der Waals surface area (Å²) in [5, 5.41) is 30.5. The molecule has 0 unspecified atom stereocenters. The van der Waals surface area contributed by atoms with Crippen molar-refractivity contribution in [3.8, 4) is 0 Å². The monoisotopic (exact) mass is 191 g/mol. The molecule has 0 saturated carbocycles. The van der Waals surface area contributed by atoms with Gasteiger partial charge in [-0.05, 0) is 0 Å². The molecule has 0 aliphatic rings. The van der Waals surface area contributed by atoms with Crippen LogP contribution in [-0.2, 0) is 0 Å². The van der Waals surface area contributed by atoms with Crippen molar-refractivity contribution >= 4 is 0 Å². The Kier molecular flexibility index (Phi) is 3.00. The Bertz CT molecular complexity index is 237. The van der Waals surface area contributed by atoms with Gasteiger partial charge in [0, 0.05) is 0 Å². The number of hydrogen-bond donors (Lipinski definition) is 0. The molecule has 0 radical (unpaired) electrons. The third kappa shape index (κ3) is 1.58. The maximum Gasteiger partial charge on any atom is 0.703 e. The van der Waals surface area contributed by atoms with E-state index >= 15 is 0 Å². The van der Waals surface area contributed by atoms with Crippen LogP contribution in [0.5, 0.6) is 0 Å². The van der Waals surface area contributed by atoms with Crippen LogP contribution in [-0.4, -0.2) is 20.6 Å². The number of rotatable bonds is 5. The average molecular weight is 191 g/mol. The van der Waals surface area contributed by atoms with Crippen LogP contribution in [0.1, 0.15) is 6.42 Å². The van der Waals surface area contributed by atoms with Gasteiger partial charge in [0.05, 0.1) is 0 Å². The largest absolute Gasteiger partial charge is 0.703 e. The number of nitro groups is 3. The van der Waals surface area contributed by atoms with E-state index in [9.17, 15) is 30.3 Å². The Balaban J connectivity index is 5.29. The highest BCUT2D eigenvalue weighted by molar-refractivity contribution is 4.72. The lowest BCUT2D eigenvalue weighted by molar-refractivity contribution is -0.968. The molecule has 0 fully saturated rings. The summed E-state index contributed by atoms with van der Waals surface area (Å²) < 4.78 is 0. The highest BCUT2D eigenvalue weighted by Gasteiger charge is 2.69. The average Bonchev–Trinajstić information content (AvgIpc) is 1.97. The quantitative estimate of drug-likeness (QED) is 0.261. The molecule has 0 aromatic rings. The molecule has 0 amide bonds. The van der Waals surface area contributed by atoms with E-state index in [1.165, 1.54) is 0 Å². The lowest BCUT2D eigenvalue weighted by Gasteiger charge is -2.05. The van der Waals surface area contributed by atoms with Crippen LogP contribution in [0.3, 0.4) is 0 Å². The van der Waals surface area contributed by atoms with Crippen LogP contribution in [0.15, 0.2) is 12.7 Å². The van der Waals surface area contributed by atoms with Crippen molar-refractivity contribution in [3.63, 3.8) is 0 Å². The molecular formula is C4H5N3O6. The standard InChI is InChI=1S/C4H5N3O6/c1-2-3-4(5(8)9,6(10)11)7(12)13/h2H,1,3H2. The van der Waals surface area contributed by atoms with Gasteiger partial charge in [-0.25, -0.2) is 0 Å². The molecular weight excluding hydrogens is 186 g/mol. The van der Waals surface area contributed by atoms with Crippen molar-refractivity contribution in [2.45, 2.75) is 12.2 Å². The molecule has 9 heteroatoms. The lowest BCUT2D eigenvalue weighted by atomic mass is 10.2. The topological polar surface area (TPSA) is 129 Å². The van der Waals surface area contributed by atoms with Gasteiger partial charge < -0.3 is 0 Å². The summed E-state index contributed by atoms with van der Waals surface area (Å²) >= 11 is 0. The Morgan fingerprint density at radius 1 is 1.08 bits per heavy atom. The summed E-state index contributed by atoms with van der Waals surface area (Å²) in [6.45, 7) is 2.98. The van der Waals surface area contributed by atoms with Gasteiger partial charge in [-0.2, -0.15) is 0 Å². The summed E-state index contributed by atoms with van der Waals surface area (Å²) in [7, 11) is 0. The molecule has 0 atom stereocenters. The third-order valence-electron chi connectivity index (χ3n) is 1.30. The number of nitrogens with zero attached hydrogens (tertiary/aromatic N) is 3. The van der Waals surface area contributed by atoms with Crippen LogP contribution in [0.2, 0.25) is 0 Å². The zero-order valence-corrected chi connectivity index (χ0v) is 6.28. The van der Waals surface area contributed by atoms with E-state index in [0.717, 1.165) is 6.08 Å². The Morgan fingerprint density at radius 2 is 1.38 bits per heavy atom. The maximum absolute atomic E-state index is 10.2. The molecule has 9 nitrogen and oxygen atoms in total. The van der Waals surface area contributed by atoms with Gasteiger partial charge in [0.2, 0.25) is 0 Å². The van der Waals surface area contributed by atoms with Crippen molar-refractivity contribution in [2.24, 2.45) is 0 Å². The van der Waals surface area contributed by atoms with E-state index in [-0.39, 0.29) is 0 Å². The minimum Gasteiger partial charge on any atom is -0.253 e. The van der Waals surface area contributed by atoms with Gasteiger partial charge in [0.25, 0.3) is 0 Å². The van der Waals surface area contributed by atoms with Gasteiger partial charge in [-0.3, -0.25) is 30.3 Å². The summed E-state index contributed by atoms with van der Waals surface area (Å²) in [6, 6.07) is 0. The Morgan fingerprint density at radius 3 is 1.46 bits per heavy atom. The zero-order chi connectivity index (χ0) is 10.6. The summed E-state index contributed by atoms with van der Waals surface area (Å²) in [5.41, 5.74) is 0. The third-order valence-corrected chi connectivity index (χ3v) is 1.30. The number of hydrogen-bond acceptors (Lipinski definition) is 6. The molecule has 0 heterocycles.